The molecule has 2 N–H and O–H groups in total. The third-order valence-corrected chi connectivity index (χ3v) is 8.56. The maximum absolute atomic E-state index is 13.9. The van der Waals surface area contributed by atoms with E-state index < -0.39 is 36.2 Å². The second kappa shape index (κ2) is 13.2. The number of aliphatic carboxylic acids is 1. The van der Waals surface area contributed by atoms with Gasteiger partial charge in [0.2, 0.25) is 5.91 Å². The predicted molar refractivity (Wildman–Crippen MR) is 159 cm³/mol. The molecule has 0 radical (unpaired) electrons. The summed E-state index contributed by atoms with van der Waals surface area (Å²) in [4.78, 5) is 40.7. The smallest absolute Gasteiger partial charge is 0.407 e. The summed E-state index contributed by atoms with van der Waals surface area (Å²) in [6, 6.07) is 23.6. The fourth-order valence-electron chi connectivity index (χ4n) is 6.13. The van der Waals surface area contributed by atoms with E-state index in [-0.39, 0.29) is 25.0 Å². The number of fused-ring (bicyclic) bond motifs is 3. The summed E-state index contributed by atoms with van der Waals surface area (Å²) in [7, 11) is 0. The number of likely N-dealkylation sites (tertiary alicyclic amines) is 1. The number of alkyl carbamates (subject to hydrolysis) is 1. The lowest BCUT2D eigenvalue weighted by Gasteiger charge is -2.39. The van der Waals surface area contributed by atoms with Gasteiger partial charge >= 0.3 is 12.1 Å². The van der Waals surface area contributed by atoms with Crippen molar-refractivity contribution in [3.8, 4) is 11.1 Å². The van der Waals surface area contributed by atoms with E-state index in [1.54, 1.807) is 6.92 Å². The van der Waals surface area contributed by atoms with Crippen molar-refractivity contribution in [3.63, 3.8) is 0 Å². The van der Waals surface area contributed by atoms with Crippen LogP contribution in [0.5, 0.6) is 0 Å². The van der Waals surface area contributed by atoms with Crippen LogP contribution in [0.25, 0.3) is 11.1 Å². The SMILES string of the molecule is CCC1CCN(C(=O)C(NC(=O)OCC2c3ccccc3-c3ccccc32)C(C)OCc2ccccc2)C(C(=O)O)C1. The highest BCUT2D eigenvalue weighted by Crippen LogP contribution is 2.44. The van der Waals surface area contributed by atoms with E-state index in [2.05, 4.69) is 17.4 Å². The summed E-state index contributed by atoms with van der Waals surface area (Å²) in [6.45, 7) is 4.38. The number of amides is 2. The van der Waals surface area contributed by atoms with Crippen LogP contribution in [0.2, 0.25) is 0 Å². The van der Waals surface area contributed by atoms with Gasteiger partial charge in [-0.15, -0.1) is 0 Å². The predicted octanol–water partition coefficient (Wildman–Crippen LogP) is 5.60. The van der Waals surface area contributed by atoms with Crippen molar-refractivity contribution in [3.05, 3.63) is 95.6 Å². The van der Waals surface area contributed by atoms with Crippen LogP contribution in [-0.2, 0) is 25.7 Å². The van der Waals surface area contributed by atoms with Crippen LogP contribution in [-0.4, -0.2) is 59.3 Å². The van der Waals surface area contributed by atoms with Gasteiger partial charge in [-0.3, -0.25) is 4.79 Å². The first-order valence-corrected chi connectivity index (χ1v) is 14.7. The number of rotatable bonds is 10. The van der Waals surface area contributed by atoms with Gasteiger partial charge in [-0.25, -0.2) is 9.59 Å². The van der Waals surface area contributed by atoms with Crippen molar-refractivity contribution in [2.24, 2.45) is 5.92 Å². The zero-order valence-electron chi connectivity index (χ0n) is 24.1. The molecule has 3 aromatic rings. The lowest BCUT2D eigenvalue weighted by Crippen LogP contribution is -2.59. The first-order chi connectivity index (χ1) is 20.4. The van der Waals surface area contributed by atoms with E-state index in [1.165, 1.54) is 4.90 Å². The molecule has 42 heavy (non-hydrogen) atoms. The van der Waals surface area contributed by atoms with Crippen LogP contribution in [0.3, 0.4) is 0 Å². The summed E-state index contributed by atoms with van der Waals surface area (Å²) < 4.78 is 11.8. The molecule has 4 unspecified atom stereocenters. The standard InChI is InChI=1S/C34H38N2O6/c1-3-23-17-18-36(30(19-23)33(38)39)32(37)31(22(2)41-20-24-11-5-4-6-12-24)35-34(40)42-21-29-27-15-9-7-13-25(27)26-14-8-10-16-28(26)29/h4-16,22-23,29-31H,3,17-21H2,1-2H3,(H,35,40)(H,38,39). The fraction of sp³-hybridized carbons (Fsp3) is 0.382. The molecule has 8 nitrogen and oxygen atoms in total. The van der Waals surface area contributed by atoms with Crippen molar-refractivity contribution in [1.29, 1.82) is 0 Å². The van der Waals surface area contributed by atoms with Crippen molar-refractivity contribution in [2.45, 2.75) is 63.8 Å². The maximum Gasteiger partial charge on any atom is 0.407 e. The summed E-state index contributed by atoms with van der Waals surface area (Å²) in [5.74, 6) is -1.42. The molecule has 0 aromatic heterocycles. The molecule has 1 fully saturated rings. The minimum Gasteiger partial charge on any atom is -0.480 e. The van der Waals surface area contributed by atoms with Crippen LogP contribution in [0, 0.1) is 5.92 Å². The van der Waals surface area contributed by atoms with Crippen LogP contribution < -0.4 is 5.32 Å². The fourth-order valence-corrected chi connectivity index (χ4v) is 6.13. The number of nitrogens with zero attached hydrogens (tertiary/aromatic N) is 1. The quantitative estimate of drug-likeness (QED) is 0.329. The van der Waals surface area contributed by atoms with Gasteiger partial charge in [0.15, 0.2) is 0 Å². The third kappa shape index (κ3) is 6.34. The van der Waals surface area contributed by atoms with Gasteiger partial charge in [-0.2, -0.15) is 0 Å². The number of carbonyl (C=O) groups excluding carboxylic acids is 2. The number of carbonyl (C=O) groups is 3. The molecule has 1 aliphatic carbocycles. The zero-order valence-corrected chi connectivity index (χ0v) is 24.1. The van der Waals surface area contributed by atoms with Gasteiger partial charge in [0, 0.05) is 12.5 Å². The molecule has 8 heteroatoms. The topological polar surface area (TPSA) is 105 Å². The summed E-state index contributed by atoms with van der Waals surface area (Å²) in [5.41, 5.74) is 5.33. The Hall–Kier alpha value is -4.17. The average molecular weight is 571 g/mol. The van der Waals surface area contributed by atoms with Gasteiger partial charge in [0.25, 0.3) is 0 Å². The number of benzene rings is 3. The lowest BCUT2D eigenvalue weighted by molar-refractivity contribution is -0.156. The van der Waals surface area contributed by atoms with Crippen LogP contribution in [0.4, 0.5) is 4.79 Å². The highest BCUT2D eigenvalue weighted by atomic mass is 16.5. The van der Waals surface area contributed by atoms with Gasteiger partial charge in [0.1, 0.15) is 18.7 Å². The first kappa shape index (κ1) is 29.3. The first-order valence-electron chi connectivity index (χ1n) is 14.7. The van der Waals surface area contributed by atoms with E-state index in [9.17, 15) is 19.5 Å². The lowest BCUT2D eigenvalue weighted by atomic mass is 9.88. The van der Waals surface area contributed by atoms with E-state index in [0.717, 1.165) is 34.2 Å². The molecular formula is C34H38N2O6. The Morgan fingerprint density at radius 1 is 0.952 bits per heavy atom. The van der Waals surface area contributed by atoms with Gasteiger partial charge < -0.3 is 24.8 Å². The Labute approximate surface area is 246 Å². The van der Waals surface area contributed by atoms with Crippen molar-refractivity contribution in [1.82, 2.24) is 10.2 Å². The van der Waals surface area contributed by atoms with Crippen molar-refractivity contribution < 1.29 is 29.0 Å². The Kier molecular flexibility index (Phi) is 9.22. The minimum absolute atomic E-state index is 0.0969. The molecule has 0 spiro atoms. The monoisotopic (exact) mass is 570 g/mol. The van der Waals surface area contributed by atoms with Crippen LogP contribution >= 0.6 is 0 Å². The second-order valence-corrected chi connectivity index (χ2v) is 11.1. The molecule has 220 valence electrons. The Morgan fingerprint density at radius 2 is 1.57 bits per heavy atom. The number of piperidine rings is 1. The molecule has 2 amide bonds. The van der Waals surface area contributed by atoms with E-state index in [0.29, 0.717) is 19.4 Å². The van der Waals surface area contributed by atoms with Crippen molar-refractivity contribution in [2.75, 3.05) is 13.2 Å². The highest BCUT2D eigenvalue weighted by molar-refractivity contribution is 5.90. The maximum atomic E-state index is 13.9. The van der Waals surface area contributed by atoms with E-state index in [4.69, 9.17) is 9.47 Å². The van der Waals surface area contributed by atoms with Gasteiger partial charge in [-0.1, -0.05) is 92.2 Å². The van der Waals surface area contributed by atoms with E-state index in [1.807, 2.05) is 73.7 Å². The molecular weight excluding hydrogens is 532 g/mol. The van der Waals surface area contributed by atoms with E-state index >= 15 is 0 Å². The molecule has 1 saturated heterocycles. The van der Waals surface area contributed by atoms with Crippen LogP contribution in [0.1, 0.15) is 55.7 Å². The van der Waals surface area contributed by atoms with Crippen LogP contribution in [0.15, 0.2) is 78.9 Å². The van der Waals surface area contributed by atoms with Gasteiger partial charge in [0.05, 0.1) is 12.7 Å². The number of ether oxygens (including phenoxy) is 2. The summed E-state index contributed by atoms with van der Waals surface area (Å²) >= 11 is 0. The highest BCUT2D eigenvalue weighted by Gasteiger charge is 2.41. The number of hydrogen-bond donors (Lipinski definition) is 2. The largest absolute Gasteiger partial charge is 0.480 e. The number of hydrogen-bond acceptors (Lipinski definition) is 5. The van der Waals surface area contributed by atoms with Crippen molar-refractivity contribution >= 4 is 18.0 Å². The molecule has 0 bridgehead atoms. The molecule has 3 aromatic carbocycles. The minimum atomic E-state index is -1.12. The molecule has 2 aliphatic rings. The molecule has 5 rings (SSSR count). The number of carboxylic acid groups (broad SMARTS) is 1. The Bertz CT molecular complexity index is 1360. The number of nitrogens with one attached hydrogen (secondary N) is 1. The number of carboxylic acids is 1. The third-order valence-electron chi connectivity index (χ3n) is 8.56. The Balaban J connectivity index is 1.31. The molecule has 1 aliphatic heterocycles. The summed E-state index contributed by atoms with van der Waals surface area (Å²) in [6.07, 6.45) is 0.457. The molecule has 1 heterocycles. The normalized spacial score (nSPS) is 19.3. The average Bonchev–Trinajstić information content (AvgIpc) is 3.34. The second-order valence-electron chi connectivity index (χ2n) is 11.1. The van der Waals surface area contributed by atoms with Gasteiger partial charge in [-0.05, 0) is 53.5 Å². The Morgan fingerprint density at radius 3 is 2.19 bits per heavy atom. The molecule has 0 saturated carbocycles. The summed E-state index contributed by atoms with van der Waals surface area (Å²) in [5, 5.41) is 12.7. The molecule has 4 atom stereocenters. The zero-order chi connectivity index (χ0) is 29.6.